The van der Waals surface area contributed by atoms with Gasteiger partial charge in [0.1, 0.15) is 0 Å². The molecule has 0 saturated carbocycles. The Labute approximate surface area is 70.6 Å². The van der Waals surface area contributed by atoms with Crippen LogP contribution in [0.1, 0.15) is 11.4 Å². The van der Waals surface area contributed by atoms with Gasteiger partial charge in [0.05, 0.1) is 0 Å². The fourth-order valence-electron chi connectivity index (χ4n) is 0.709. The van der Waals surface area contributed by atoms with Crippen LogP contribution in [-0.4, -0.2) is 20.2 Å². The van der Waals surface area contributed by atoms with Crippen molar-refractivity contribution in [1.82, 2.24) is 10.3 Å². The Balaban J connectivity index is 2.76. The number of hydrogen-bond donors (Lipinski definition) is 0. The van der Waals surface area contributed by atoms with Gasteiger partial charge in [0, 0.05) is 9.85 Å². The van der Waals surface area contributed by atoms with Gasteiger partial charge in [-0.15, -0.1) is 0 Å². The van der Waals surface area contributed by atoms with E-state index in [1.54, 1.807) is 0 Å². The van der Waals surface area contributed by atoms with Gasteiger partial charge >= 0.3 is 0 Å². The second-order valence-corrected chi connectivity index (χ2v) is 2.14. The Morgan fingerprint density at radius 3 is 1.77 bits per heavy atom. The zero-order chi connectivity index (χ0) is 9.84. The molecule has 70 valence electrons. The van der Waals surface area contributed by atoms with Crippen molar-refractivity contribution in [2.24, 2.45) is 0 Å². The van der Waals surface area contributed by atoms with Gasteiger partial charge in [-0.1, -0.05) is 0 Å². The van der Waals surface area contributed by atoms with E-state index in [-0.39, 0.29) is 11.4 Å². The summed E-state index contributed by atoms with van der Waals surface area (Å²) in [6.45, 7) is -1.24. The number of nitro groups is 2. The monoisotopic (exact) mass is 188 g/mol. The molecule has 0 spiro atoms. The molecule has 0 atom stereocenters. The Morgan fingerprint density at radius 2 is 1.46 bits per heavy atom. The van der Waals surface area contributed by atoms with E-state index in [1.165, 1.54) is 0 Å². The van der Waals surface area contributed by atoms with Crippen molar-refractivity contribution < 1.29 is 14.5 Å². The molecule has 0 aliphatic rings. The molecular formula is C4H4N4O5. The minimum atomic E-state index is -0.664. The molecule has 13 heavy (non-hydrogen) atoms. The third-order valence-electron chi connectivity index (χ3n) is 1.19. The maximum Gasteiger partial charge on any atom is 0.251 e. The van der Waals surface area contributed by atoms with E-state index in [0.717, 1.165) is 0 Å². The topological polar surface area (TPSA) is 125 Å². The summed E-state index contributed by atoms with van der Waals surface area (Å²) in [6.07, 6.45) is 0. The van der Waals surface area contributed by atoms with Crippen LogP contribution in [0.3, 0.4) is 0 Å². The van der Waals surface area contributed by atoms with Gasteiger partial charge in [-0.3, -0.25) is 20.2 Å². The van der Waals surface area contributed by atoms with Crippen molar-refractivity contribution in [3.63, 3.8) is 0 Å². The highest BCUT2D eigenvalue weighted by Crippen LogP contribution is 2.04. The lowest BCUT2D eigenvalue weighted by atomic mass is 10.3. The van der Waals surface area contributed by atoms with E-state index in [4.69, 9.17) is 0 Å². The van der Waals surface area contributed by atoms with Crippen molar-refractivity contribution in [2.75, 3.05) is 0 Å². The molecule has 1 rings (SSSR count). The van der Waals surface area contributed by atoms with Gasteiger partial charge in [-0.25, -0.2) is 4.63 Å². The maximum absolute atomic E-state index is 10.0. The molecule has 0 bridgehead atoms. The van der Waals surface area contributed by atoms with Crippen LogP contribution in [0, 0.1) is 20.2 Å². The smallest absolute Gasteiger partial charge is 0.251 e. The fraction of sp³-hybridized carbons (Fsp3) is 0.500. The van der Waals surface area contributed by atoms with Gasteiger partial charge in [-0.2, -0.15) is 0 Å². The average molecular weight is 188 g/mol. The highest BCUT2D eigenvalue weighted by atomic mass is 16.6. The third kappa shape index (κ3) is 2.47. The van der Waals surface area contributed by atoms with Crippen molar-refractivity contribution in [2.45, 2.75) is 13.1 Å². The molecule has 0 fully saturated rings. The first kappa shape index (κ1) is 9.03. The summed E-state index contributed by atoms with van der Waals surface area (Å²) in [5.74, 6) is 0. The molecule has 0 radical (unpaired) electrons. The Morgan fingerprint density at radius 1 is 1.08 bits per heavy atom. The van der Waals surface area contributed by atoms with Crippen molar-refractivity contribution in [3.8, 4) is 0 Å². The number of rotatable bonds is 4. The standard InChI is InChI=1S/C4H4N4O5/c9-7(10)1-3-4(2-8(11)12)6-13-5-3/h1-2H2. The second-order valence-electron chi connectivity index (χ2n) is 2.14. The summed E-state index contributed by atoms with van der Waals surface area (Å²) in [6, 6.07) is 0. The van der Waals surface area contributed by atoms with Crippen molar-refractivity contribution in [3.05, 3.63) is 31.6 Å². The van der Waals surface area contributed by atoms with Gasteiger partial charge < -0.3 is 0 Å². The summed E-state index contributed by atoms with van der Waals surface area (Å²) >= 11 is 0. The van der Waals surface area contributed by atoms with Crippen molar-refractivity contribution >= 4 is 0 Å². The molecule has 1 aromatic heterocycles. The van der Waals surface area contributed by atoms with E-state index >= 15 is 0 Å². The normalized spacial score (nSPS) is 9.85. The molecule has 0 aromatic carbocycles. The first-order valence-electron chi connectivity index (χ1n) is 3.13. The van der Waals surface area contributed by atoms with Crippen LogP contribution in [-0.2, 0) is 13.1 Å². The zero-order valence-electron chi connectivity index (χ0n) is 6.24. The molecular weight excluding hydrogens is 184 g/mol. The van der Waals surface area contributed by atoms with Crippen LogP contribution in [0.15, 0.2) is 4.63 Å². The number of hydrogen-bond acceptors (Lipinski definition) is 7. The molecule has 9 heteroatoms. The Kier molecular flexibility index (Phi) is 2.47. The van der Waals surface area contributed by atoms with E-state index in [1.807, 2.05) is 0 Å². The van der Waals surface area contributed by atoms with E-state index in [0.29, 0.717) is 0 Å². The van der Waals surface area contributed by atoms with Crippen LogP contribution in [0.5, 0.6) is 0 Å². The van der Waals surface area contributed by atoms with Gasteiger partial charge in [0.25, 0.3) is 13.1 Å². The largest absolute Gasteiger partial charge is 0.264 e. The summed E-state index contributed by atoms with van der Waals surface area (Å²) in [7, 11) is 0. The van der Waals surface area contributed by atoms with Crippen LogP contribution in [0.4, 0.5) is 0 Å². The molecule has 1 heterocycles. The molecule has 1 aromatic rings. The highest BCUT2D eigenvalue weighted by molar-refractivity contribution is 5.03. The van der Waals surface area contributed by atoms with Gasteiger partial charge in [-0.05, 0) is 10.3 Å². The molecule has 0 amide bonds. The number of nitrogens with zero attached hydrogens (tertiary/aromatic N) is 4. The van der Waals surface area contributed by atoms with Gasteiger partial charge in [0.2, 0.25) is 0 Å². The predicted octanol–water partition coefficient (Wildman–Crippen LogP) is -0.377. The molecule has 9 nitrogen and oxygen atoms in total. The molecule has 0 aliphatic carbocycles. The molecule has 0 unspecified atom stereocenters. The Bertz CT molecular complexity index is 303. The lowest BCUT2D eigenvalue weighted by molar-refractivity contribution is -0.504. The molecule has 0 aliphatic heterocycles. The first-order valence-corrected chi connectivity index (χ1v) is 3.13. The lowest BCUT2D eigenvalue weighted by Gasteiger charge is -1.88. The predicted molar refractivity (Wildman–Crippen MR) is 35.7 cm³/mol. The average Bonchev–Trinajstić information content (AvgIpc) is 2.34. The maximum atomic E-state index is 10.0. The summed E-state index contributed by atoms with van der Waals surface area (Å²) in [4.78, 5) is 18.7. The van der Waals surface area contributed by atoms with Crippen LogP contribution in [0.25, 0.3) is 0 Å². The highest BCUT2D eigenvalue weighted by Gasteiger charge is 2.19. The zero-order valence-corrected chi connectivity index (χ0v) is 6.24. The van der Waals surface area contributed by atoms with E-state index < -0.39 is 22.9 Å². The quantitative estimate of drug-likeness (QED) is 0.465. The lowest BCUT2D eigenvalue weighted by Crippen LogP contribution is -2.06. The molecule has 0 N–H and O–H groups in total. The SMILES string of the molecule is O=[N+]([O-])Cc1nonc1C[N+](=O)[O-]. The van der Waals surface area contributed by atoms with E-state index in [2.05, 4.69) is 14.9 Å². The summed E-state index contributed by atoms with van der Waals surface area (Å²) in [5, 5.41) is 26.4. The minimum absolute atomic E-state index is 0.110. The summed E-state index contributed by atoms with van der Waals surface area (Å²) in [5.41, 5.74) is -0.219. The van der Waals surface area contributed by atoms with Crippen LogP contribution < -0.4 is 0 Å². The van der Waals surface area contributed by atoms with Crippen molar-refractivity contribution in [1.29, 1.82) is 0 Å². The van der Waals surface area contributed by atoms with Gasteiger partial charge in [0.15, 0.2) is 11.4 Å². The second kappa shape index (κ2) is 3.56. The van der Waals surface area contributed by atoms with E-state index in [9.17, 15) is 20.2 Å². The van der Waals surface area contributed by atoms with Crippen LogP contribution in [0.2, 0.25) is 0 Å². The first-order chi connectivity index (χ1) is 6.09. The Hall–Kier alpha value is -2.06. The summed E-state index contributed by atoms with van der Waals surface area (Å²) < 4.78 is 4.14. The number of aromatic nitrogens is 2. The third-order valence-corrected chi connectivity index (χ3v) is 1.19. The fourth-order valence-corrected chi connectivity index (χ4v) is 0.709. The minimum Gasteiger partial charge on any atom is -0.264 e. The van der Waals surface area contributed by atoms with Crippen LogP contribution >= 0.6 is 0 Å². The molecule has 0 saturated heterocycles.